The summed E-state index contributed by atoms with van der Waals surface area (Å²) in [4.78, 5) is 2.64. The number of nitrogens with two attached hydrogens (primary N) is 1. The molecule has 0 radical (unpaired) electrons. The van der Waals surface area contributed by atoms with Crippen molar-refractivity contribution in [3.05, 3.63) is 55.2 Å². The Labute approximate surface area is 115 Å². The van der Waals surface area contributed by atoms with Crippen LogP contribution in [0.2, 0.25) is 0 Å². The highest BCUT2D eigenvalue weighted by molar-refractivity contribution is 9.10. The predicted molar refractivity (Wildman–Crippen MR) is 78.7 cm³/mol. The third-order valence-electron chi connectivity index (χ3n) is 2.96. The molecule has 0 spiro atoms. The maximum Gasteiger partial charge on any atom is 0.0562 e. The van der Waals surface area contributed by atoms with Gasteiger partial charge in [0.2, 0.25) is 0 Å². The Balaban J connectivity index is 2.40. The average Bonchev–Trinajstić information content (AvgIpc) is 2.61. The zero-order chi connectivity index (χ0) is 12.6. The van der Waals surface area contributed by atoms with E-state index in [1.807, 2.05) is 11.3 Å². The lowest BCUT2D eigenvalue weighted by atomic mass is 9.98. The fraction of sp³-hybridized carbons (Fsp3) is 0.286. The molecule has 0 fully saturated rings. The molecule has 0 amide bonds. The number of hydrogen-bond donors (Lipinski definition) is 1. The van der Waals surface area contributed by atoms with Crippen LogP contribution in [-0.2, 0) is 0 Å². The van der Waals surface area contributed by atoms with Gasteiger partial charge in [-0.2, -0.15) is 0 Å². The van der Waals surface area contributed by atoms with E-state index in [0.29, 0.717) is 0 Å². The van der Waals surface area contributed by atoms with Crippen LogP contribution in [-0.4, -0.2) is 0 Å². The van der Waals surface area contributed by atoms with Crippen molar-refractivity contribution in [3.63, 3.8) is 0 Å². The fourth-order valence-corrected chi connectivity index (χ4v) is 3.22. The Morgan fingerprint density at radius 3 is 2.41 bits per heavy atom. The first-order valence-corrected chi connectivity index (χ1v) is 7.18. The predicted octanol–water partition coefficient (Wildman–Crippen LogP) is 4.48. The third kappa shape index (κ3) is 2.62. The lowest BCUT2D eigenvalue weighted by molar-refractivity contribution is 0.866. The Hall–Kier alpha value is -0.640. The van der Waals surface area contributed by atoms with E-state index in [9.17, 15) is 0 Å². The Morgan fingerprint density at radius 1 is 1.18 bits per heavy atom. The molecular weight excluding hydrogens is 294 g/mol. The van der Waals surface area contributed by atoms with E-state index in [2.05, 4.69) is 61.0 Å². The van der Waals surface area contributed by atoms with E-state index in [1.54, 1.807) is 0 Å². The van der Waals surface area contributed by atoms with Crippen LogP contribution in [0.15, 0.2) is 28.7 Å². The Kier molecular flexibility index (Phi) is 3.71. The molecule has 0 aliphatic carbocycles. The fourth-order valence-electron chi connectivity index (χ4n) is 2.00. The summed E-state index contributed by atoms with van der Waals surface area (Å²) in [5.41, 5.74) is 9.98. The van der Waals surface area contributed by atoms with E-state index in [0.717, 1.165) is 4.47 Å². The first kappa shape index (κ1) is 12.8. The summed E-state index contributed by atoms with van der Waals surface area (Å²) in [6.45, 7) is 6.35. The van der Waals surface area contributed by atoms with Crippen molar-refractivity contribution in [2.45, 2.75) is 26.8 Å². The van der Waals surface area contributed by atoms with Crippen molar-refractivity contribution >= 4 is 27.3 Å². The number of benzene rings is 1. The van der Waals surface area contributed by atoms with E-state index in [1.165, 1.54) is 26.4 Å². The van der Waals surface area contributed by atoms with Crippen molar-refractivity contribution in [1.29, 1.82) is 0 Å². The molecule has 0 aliphatic heterocycles. The van der Waals surface area contributed by atoms with Gasteiger partial charge in [0.15, 0.2) is 0 Å². The van der Waals surface area contributed by atoms with Crippen LogP contribution in [0.5, 0.6) is 0 Å². The maximum absolute atomic E-state index is 6.34. The summed E-state index contributed by atoms with van der Waals surface area (Å²) < 4.78 is 1.13. The van der Waals surface area contributed by atoms with Crippen molar-refractivity contribution in [3.8, 4) is 0 Å². The molecule has 0 aliphatic rings. The highest BCUT2D eigenvalue weighted by Crippen LogP contribution is 2.30. The Morgan fingerprint density at radius 2 is 1.88 bits per heavy atom. The molecule has 17 heavy (non-hydrogen) atoms. The molecule has 1 aromatic carbocycles. The minimum atomic E-state index is -0.0215. The first-order chi connectivity index (χ1) is 7.99. The van der Waals surface area contributed by atoms with Gasteiger partial charge < -0.3 is 5.73 Å². The lowest BCUT2D eigenvalue weighted by Crippen LogP contribution is -2.12. The van der Waals surface area contributed by atoms with E-state index in [4.69, 9.17) is 5.73 Å². The standard InChI is InChI=1S/C14H16BrNS/c1-8-6-11(4-5-13(8)15)14(16)12-7-9(2)17-10(12)3/h4-7,14H,16H2,1-3H3. The number of halogens is 1. The van der Waals surface area contributed by atoms with Gasteiger partial charge in [0.1, 0.15) is 0 Å². The van der Waals surface area contributed by atoms with Crippen LogP contribution < -0.4 is 5.73 Å². The van der Waals surface area contributed by atoms with Crippen molar-refractivity contribution in [1.82, 2.24) is 0 Å². The molecule has 1 heterocycles. The highest BCUT2D eigenvalue weighted by Gasteiger charge is 2.14. The topological polar surface area (TPSA) is 26.0 Å². The van der Waals surface area contributed by atoms with E-state index < -0.39 is 0 Å². The van der Waals surface area contributed by atoms with Crippen LogP contribution in [0.4, 0.5) is 0 Å². The third-order valence-corrected chi connectivity index (χ3v) is 4.83. The summed E-state index contributed by atoms with van der Waals surface area (Å²) in [5, 5.41) is 0. The first-order valence-electron chi connectivity index (χ1n) is 5.57. The zero-order valence-electron chi connectivity index (χ0n) is 10.3. The molecule has 1 unspecified atom stereocenters. The van der Waals surface area contributed by atoms with E-state index in [-0.39, 0.29) is 6.04 Å². The smallest absolute Gasteiger partial charge is 0.0562 e. The van der Waals surface area contributed by atoms with Gasteiger partial charge in [-0.15, -0.1) is 11.3 Å². The monoisotopic (exact) mass is 309 g/mol. The van der Waals surface area contributed by atoms with Gasteiger partial charge >= 0.3 is 0 Å². The largest absolute Gasteiger partial charge is 0.320 e. The molecule has 2 N–H and O–H groups in total. The second kappa shape index (κ2) is 4.92. The molecule has 0 saturated heterocycles. The molecule has 90 valence electrons. The molecule has 2 aromatic rings. The summed E-state index contributed by atoms with van der Waals surface area (Å²) in [6.07, 6.45) is 0. The zero-order valence-corrected chi connectivity index (χ0v) is 12.7. The SMILES string of the molecule is Cc1cc(C(N)c2ccc(Br)c(C)c2)c(C)s1. The molecule has 0 bridgehead atoms. The van der Waals surface area contributed by atoms with Gasteiger partial charge in [0.05, 0.1) is 6.04 Å². The van der Waals surface area contributed by atoms with Gasteiger partial charge in [-0.05, 0) is 49.6 Å². The molecule has 1 nitrogen and oxygen atoms in total. The second-order valence-electron chi connectivity index (χ2n) is 4.35. The van der Waals surface area contributed by atoms with Gasteiger partial charge in [0.25, 0.3) is 0 Å². The summed E-state index contributed by atoms with van der Waals surface area (Å²) in [5.74, 6) is 0. The summed E-state index contributed by atoms with van der Waals surface area (Å²) in [7, 11) is 0. The minimum absolute atomic E-state index is 0.0215. The van der Waals surface area contributed by atoms with Crippen molar-refractivity contribution in [2.24, 2.45) is 5.73 Å². The van der Waals surface area contributed by atoms with E-state index >= 15 is 0 Å². The van der Waals surface area contributed by atoms with Gasteiger partial charge in [0, 0.05) is 14.2 Å². The van der Waals surface area contributed by atoms with Gasteiger partial charge in [-0.1, -0.05) is 28.1 Å². The van der Waals surface area contributed by atoms with Crippen LogP contribution in [0.3, 0.4) is 0 Å². The Bertz CT molecular complexity index is 545. The van der Waals surface area contributed by atoms with Crippen LogP contribution in [0.1, 0.15) is 32.5 Å². The van der Waals surface area contributed by atoms with Gasteiger partial charge in [-0.25, -0.2) is 0 Å². The van der Waals surface area contributed by atoms with Crippen molar-refractivity contribution in [2.75, 3.05) is 0 Å². The van der Waals surface area contributed by atoms with Crippen LogP contribution >= 0.6 is 27.3 Å². The number of hydrogen-bond acceptors (Lipinski definition) is 2. The molecule has 2 rings (SSSR count). The highest BCUT2D eigenvalue weighted by atomic mass is 79.9. The number of rotatable bonds is 2. The minimum Gasteiger partial charge on any atom is -0.320 e. The molecular formula is C14H16BrNS. The molecule has 1 atom stereocenters. The lowest BCUT2D eigenvalue weighted by Gasteiger charge is -2.13. The van der Waals surface area contributed by atoms with Crippen LogP contribution in [0, 0.1) is 20.8 Å². The molecule has 1 aromatic heterocycles. The maximum atomic E-state index is 6.34. The molecule has 0 saturated carbocycles. The number of thiophene rings is 1. The normalized spacial score (nSPS) is 12.8. The average molecular weight is 310 g/mol. The number of aryl methyl sites for hydroxylation is 3. The second-order valence-corrected chi connectivity index (χ2v) is 6.67. The van der Waals surface area contributed by atoms with Crippen molar-refractivity contribution < 1.29 is 0 Å². The quantitative estimate of drug-likeness (QED) is 0.869. The summed E-state index contributed by atoms with van der Waals surface area (Å²) >= 11 is 5.32. The molecule has 3 heteroatoms. The van der Waals surface area contributed by atoms with Crippen LogP contribution in [0.25, 0.3) is 0 Å². The summed E-state index contributed by atoms with van der Waals surface area (Å²) in [6, 6.07) is 8.49. The van der Waals surface area contributed by atoms with Gasteiger partial charge in [-0.3, -0.25) is 0 Å².